The van der Waals surface area contributed by atoms with Crippen LogP contribution in [0.3, 0.4) is 0 Å². The van der Waals surface area contributed by atoms with Crippen molar-refractivity contribution in [1.82, 2.24) is 15.0 Å². The molecular formula is C20H24ClN3O3S. The number of aromatic nitrogens is 1. The summed E-state index contributed by atoms with van der Waals surface area (Å²) in [5.74, 6) is 0. The number of hydrogen-bond acceptors (Lipinski definition) is 5. The van der Waals surface area contributed by atoms with Crippen molar-refractivity contribution in [2.24, 2.45) is 0 Å². The van der Waals surface area contributed by atoms with E-state index in [9.17, 15) is 13.5 Å². The van der Waals surface area contributed by atoms with Crippen LogP contribution in [0.25, 0.3) is 10.8 Å². The summed E-state index contributed by atoms with van der Waals surface area (Å²) >= 11 is 0. The number of halogens is 1. The minimum Gasteiger partial charge on any atom is -0.390 e. The van der Waals surface area contributed by atoms with Gasteiger partial charge in [0.1, 0.15) is 0 Å². The molecule has 8 heteroatoms. The molecule has 0 aliphatic rings. The standard InChI is InChI=1S/C20H23N3O3S.ClH/c24-19(14-22-10-8-16-4-2-1-3-5-16)15-23-27(25,26)20-7-6-18-13-21-11-9-17(18)12-20;/h1-7,9,11-13,19,22-24H,8,10,14-15H2;1H. The van der Waals surface area contributed by atoms with Gasteiger partial charge in [-0.3, -0.25) is 4.98 Å². The predicted molar refractivity (Wildman–Crippen MR) is 113 cm³/mol. The zero-order valence-electron chi connectivity index (χ0n) is 15.3. The van der Waals surface area contributed by atoms with Gasteiger partial charge in [-0.1, -0.05) is 36.4 Å². The monoisotopic (exact) mass is 421 g/mol. The molecule has 0 aliphatic carbocycles. The second-order valence-electron chi connectivity index (χ2n) is 6.33. The molecule has 1 unspecified atom stereocenters. The summed E-state index contributed by atoms with van der Waals surface area (Å²) in [6.45, 7) is 0.986. The third kappa shape index (κ3) is 6.25. The molecule has 0 radical (unpaired) electrons. The molecule has 0 aliphatic heterocycles. The lowest BCUT2D eigenvalue weighted by molar-refractivity contribution is 0.175. The van der Waals surface area contributed by atoms with Crippen molar-refractivity contribution in [3.8, 4) is 0 Å². The smallest absolute Gasteiger partial charge is 0.240 e. The number of nitrogens with one attached hydrogen (secondary N) is 2. The largest absolute Gasteiger partial charge is 0.390 e. The fraction of sp³-hybridized carbons (Fsp3) is 0.250. The summed E-state index contributed by atoms with van der Waals surface area (Å²) in [5, 5.41) is 14.8. The number of aliphatic hydroxyl groups is 1. The van der Waals surface area contributed by atoms with E-state index < -0.39 is 16.1 Å². The summed E-state index contributed by atoms with van der Waals surface area (Å²) < 4.78 is 27.3. The van der Waals surface area contributed by atoms with E-state index in [0.29, 0.717) is 13.1 Å². The highest BCUT2D eigenvalue weighted by molar-refractivity contribution is 7.89. The molecule has 3 aromatic rings. The van der Waals surface area contributed by atoms with Crippen LogP contribution >= 0.6 is 12.4 Å². The topological polar surface area (TPSA) is 91.3 Å². The van der Waals surface area contributed by atoms with Gasteiger partial charge in [0.25, 0.3) is 0 Å². The van der Waals surface area contributed by atoms with Crippen LogP contribution in [0.1, 0.15) is 5.56 Å². The summed E-state index contributed by atoms with van der Waals surface area (Å²) in [6, 6.07) is 16.7. The van der Waals surface area contributed by atoms with Gasteiger partial charge in [-0.2, -0.15) is 0 Å². The second-order valence-corrected chi connectivity index (χ2v) is 8.10. The Bertz CT molecular complexity index is 984. The number of benzene rings is 2. The minimum atomic E-state index is -3.68. The third-order valence-electron chi connectivity index (χ3n) is 4.24. The second kappa shape index (κ2) is 10.5. The van der Waals surface area contributed by atoms with Gasteiger partial charge in [-0.25, -0.2) is 13.1 Å². The Morgan fingerprint density at radius 2 is 1.79 bits per heavy atom. The average molecular weight is 422 g/mol. The summed E-state index contributed by atoms with van der Waals surface area (Å²) in [6.07, 6.45) is 3.35. The Balaban J connectivity index is 0.00000280. The molecule has 28 heavy (non-hydrogen) atoms. The van der Waals surface area contributed by atoms with Gasteiger partial charge in [0, 0.05) is 30.9 Å². The molecule has 150 valence electrons. The lowest BCUT2D eigenvalue weighted by atomic mass is 10.1. The first-order valence-corrected chi connectivity index (χ1v) is 10.3. The first kappa shape index (κ1) is 22.3. The van der Waals surface area contributed by atoms with Crippen LogP contribution in [-0.2, 0) is 16.4 Å². The molecule has 0 saturated heterocycles. The zero-order chi connectivity index (χ0) is 19.1. The van der Waals surface area contributed by atoms with Crippen LogP contribution in [-0.4, -0.2) is 44.2 Å². The molecule has 0 spiro atoms. The van der Waals surface area contributed by atoms with Crippen LogP contribution in [0.15, 0.2) is 71.9 Å². The Kier molecular flexibility index (Phi) is 8.35. The summed E-state index contributed by atoms with van der Waals surface area (Å²) in [7, 11) is -3.68. The number of fused-ring (bicyclic) bond motifs is 1. The minimum absolute atomic E-state index is 0. The Morgan fingerprint density at radius 1 is 1.00 bits per heavy atom. The van der Waals surface area contributed by atoms with Crippen LogP contribution in [0.5, 0.6) is 0 Å². The van der Waals surface area contributed by atoms with Crippen LogP contribution < -0.4 is 10.0 Å². The van der Waals surface area contributed by atoms with Crippen molar-refractivity contribution in [2.45, 2.75) is 17.4 Å². The first-order chi connectivity index (χ1) is 13.0. The molecule has 1 atom stereocenters. The van der Waals surface area contributed by atoms with Gasteiger partial charge in [0.15, 0.2) is 0 Å². The zero-order valence-corrected chi connectivity index (χ0v) is 16.9. The van der Waals surface area contributed by atoms with E-state index in [0.717, 1.165) is 17.2 Å². The maximum absolute atomic E-state index is 12.4. The fourth-order valence-electron chi connectivity index (χ4n) is 2.74. The number of nitrogens with zero attached hydrogens (tertiary/aromatic N) is 1. The van der Waals surface area contributed by atoms with Crippen molar-refractivity contribution < 1.29 is 13.5 Å². The Hall–Kier alpha value is -2.03. The lowest BCUT2D eigenvalue weighted by Gasteiger charge is -2.13. The third-order valence-corrected chi connectivity index (χ3v) is 5.67. The van der Waals surface area contributed by atoms with Gasteiger partial charge >= 0.3 is 0 Å². The van der Waals surface area contributed by atoms with E-state index in [1.165, 1.54) is 11.6 Å². The van der Waals surface area contributed by atoms with Gasteiger partial charge in [-0.05, 0) is 42.1 Å². The van der Waals surface area contributed by atoms with Crippen molar-refractivity contribution in [1.29, 1.82) is 0 Å². The molecule has 0 bridgehead atoms. The molecular weight excluding hydrogens is 398 g/mol. The number of hydrogen-bond donors (Lipinski definition) is 3. The molecule has 3 rings (SSSR count). The molecule has 3 N–H and O–H groups in total. The average Bonchev–Trinajstić information content (AvgIpc) is 2.70. The maximum Gasteiger partial charge on any atom is 0.240 e. The highest BCUT2D eigenvalue weighted by Gasteiger charge is 2.16. The van der Waals surface area contributed by atoms with E-state index in [4.69, 9.17) is 0 Å². The fourth-order valence-corrected chi connectivity index (χ4v) is 3.84. The SMILES string of the molecule is Cl.O=S(=O)(NCC(O)CNCCc1ccccc1)c1ccc2cnccc2c1. The van der Waals surface area contributed by atoms with E-state index in [-0.39, 0.29) is 23.8 Å². The van der Waals surface area contributed by atoms with Gasteiger partial charge in [0.05, 0.1) is 11.0 Å². The van der Waals surface area contributed by atoms with E-state index >= 15 is 0 Å². The first-order valence-electron chi connectivity index (χ1n) is 8.81. The number of sulfonamides is 1. The molecule has 1 heterocycles. The number of pyridine rings is 1. The Labute approximate surface area is 171 Å². The maximum atomic E-state index is 12.4. The highest BCUT2D eigenvalue weighted by Crippen LogP contribution is 2.17. The summed E-state index contributed by atoms with van der Waals surface area (Å²) in [5.41, 5.74) is 1.21. The molecule has 1 aromatic heterocycles. The predicted octanol–water partition coefficient (Wildman–Crippen LogP) is 2.13. The van der Waals surface area contributed by atoms with Crippen LogP contribution in [0.4, 0.5) is 0 Å². The van der Waals surface area contributed by atoms with Crippen molar-refractivity contribution in [2.75, 3.05) is 19.6 Å². The lowest BCUT2D eigenvalue weighted by Crippen LogP contribution is -2.38. The molecule has 2 aromatic carbocycles. The Morgan fingerprint density at radius 3 is 2.57 bits per heavy atom. The van der Waals surface area contributed by atoms with Crippen molar-refractivity contribution in [3.05, 3.63) is 72.6 Å². The quantitative estimate of drug-likeness (QED) is 0.460. The molecule has 0 fully saturated rings. The normalized spacial score (nSPS) is 12.5. The van der Waals surface area contributed by atoms with E-state index in [1.54, 1.807) is 30.6 Å². The highest BCUT2D eigenvalue weighted by atomic mass is 35.5. The van der Waals surface area contributed by atoms with Gasteiger partial charge < -0.3 is 10.4 Å². The van der Waals surface area contributed by atoms with E-state index in [2.05, 4.69) is 15.0 Å². The van der Waals surface area contributed by atoms with E-state index in [1.807, 2.05) is 30.3 Å². The van der Waals surface area contributed by atoms with Crippen molar-refractivity contribution in [3.63, 3.8) is 0 Å². The molecule has 0 amide bonds. The van der Waals surface area contributed by atoms with Crippen LogP contribution in [0.2, 0.25) is 0 Å². The van der Waals surface area contributed by atoms with Gasteiger partial charge in [0.2, 0.25) is 10.0 Å². The molecule has 6 nitrogen and oxygen atoms in total. The van der Waals surface area contributed by atoms with Gasteiger partial charge in [-0.15, -0.1) is 12.4 Å². The van der Waals surface area contributed by atoms with Crippen LogP contribution in [0, 0.1) is 0 Å². The van der Waals surface area contributed by atoms with Crippen molar-refractivity contribution >= 4 is 33.2 Å². The summed E-state index contributed by atoms with van der Waals surface area (Å²) in [4.78, 5) is 4.19. The number of aliphatic hydroxyl groups excluding tert-OH is 1. The number of rotatable bonds is 9. The molecule has 0 saturated carbocycles.